The zero-order chi connectivity index (χ0) is 20.5. The Bertz CT molecular complexity index is 947. The number of hydrogen-bond acceptors (Lipinski definition) is 3. The number of amides is 3. The fraction of sp³-hybridized carbons (Fsp3) is 0.375. The molecule has 3 amide bonds. The molecule has 1 fully saturated rings. The second-order valence-electron chi connectivity index (χ2n) is 8.23. The van der Waals surface area contributed by atoms with Crippen molar-refractivity contribution in [1.29, 1.82) is 0 Å². The zero-order valence-corrected chi connectivity index (χ0v) is 16.9. The van der Waals surface area contributed by atoms with Crippen LogP contribution in [0.3, 0.4) is 0 Å². The van der Waals surface area contributed by atoms with Crippen LogP contribution in [-0.4, -0.2) is 29.2 Å². The van der Waals surface area contributed by atoms with Crippen molar-refractivity contribution >= 4 is 23.4 Å². The summed E-state index contributed by atoms with van der Waals surface area (Å²) >= 11 is 0. The summed E-state index contributed by atoms with van der Waals surface area (Å²) in [6.45, 7) is 4.28. The molecule has 1 N–H and O–H groups in total. The molecule has 2 atom stereocenters. The van der Waals surface area contributed by atoms with E-state index in [-0.39, 0.29) is 29.6 Å². The van der Waals surface area contributed by atoms with Crippen molar-refractivity contribution < 1.29 is 14.4 Å². The van der Waals surface area contributed by atoms with Crippen LogP contribution < -0.4 is 5.32 Å². The first kappa shape index (κ1) is 19.4. The number of carbonyl (C=O) groups excluding carboxylic acids is 3. The molecule has 1 saturated carbocycles. The Balaban J connectivity index is 1.51. The molecule has 5 heteroatoms. The Labute approximate surface area is 171 Å². The van der Waals surface area contributed by atoms with Crippen LogP contribution in [0.25, 0.3) is 0 Å². The molecule has 0 bridgehead atoms. The highest BCUT2D eigenvalue weighted by Crippen LogP contribution is 2.34. The molecule has 2 unspecified atom stereocenters. The minimum Gasteiger partial charge on any atom is -0.326 e. The molecule has 0 saturated heterocycles. The van der Waals surface area contributed by atoms with Crippen molar-refractivity contribution in [2.45, 2.75) is 39.5 Å². The van der Waals surface area contributed by atoms with Crippen LogP contribution in [0.2, 0.25) is 0 Å². The largest absolute Gasteiger partial charge is 0.326 e. The maximum absolute atomic E-state index is 13.1. The van der Waals surface area contributed by atoms with Gasteiger partial charge in [0.25, 0.3) is 11.8 Å². The van der Waals surface area contributed by atoms with Gasteiger partial charge in [0.15, 0.2) is 0 Å². The zero-order valence-electron chi connectivity index (χ0n) is 16.9. The SMILES string of the molecule is Cc1ccc(C)c(NC(=O)C2CCCCC2CN2C(=O)c3ccccc3C2=O)c1. The molecule has 2 aliphatic rings. The number of benzene rings is 2. The number of aryl methyl sites for hydroxylation is 2. The van der Waals surface area contributed by atoms with E-state index in [1.807, 2.05) is 32.0 Å². The standard InChI is InChI=1S/C24H26N2O3/c1-15-11-12-16(2)21(13-15)25-22(27)18-8-4-3-7-17(18)14-26-23(28)19-9-5-6-10-20(19)24(26)29/h5-6,9-13,17-18H,3-4,7-8,14H2,1-2H3,(H,25,27). The molecule has 2 aromatic carbocycles. The average molecular weight is 390 g/mol. The van der Waals surface area contributed by atoms with Crippen molar-refractivity contribution in [3.63, 3.8) is 0 Å². The maximum Gasteiger partial charge on any atom is 0.261 e. The molecular weight excluding hydrogens is 364 g/mol. The van der Waals surface area contributed by atoms with Crippen LogP contribution in [0.5, 0.6) is 0 Å². The summed E-state index contributed by atoms with van der Waals surface area (Å²) in [6.07, 6.45) is 3.63. The van der Waals surface area contributed by atoms with Gasteiger partial charge in [-0.2, -0.15) is 0 Å². The van der Waals surface area contributed by atoms with Crippen molar-refractivity contribution in [3.8, 4) is 0 Å². The van der Waals surface area contributed by atoms with E-state index >= 15 is 0 Å². The van der Waals surface area contributed by atoms with Gasteiger partial charge in [0, 0.05) is 18.2 Å². The summed E-state index contributed by atoms with van der Waals surface area (Å²) < 4.78 is 0. The van der Waals surface area contributed by atoms with Crippen molar-refractivity contribution in [1.82, 2.24) is 4.90 Å². The third kappa shape index (κ3) is 3.69. The molecule has 1 aliphatic heterocycles. The lowest BCUT2D eigenvalue weighted by atomic mass is 9.78. The predicted octanol–water partition coefficient (Wildman–Crippen LogP) is 4.34. The van der Waals surface area contributed by atoms with Gasteiger partial charge in [-0.05, 0) is 61.9 Å². The second-order valence-corrected chi connectivity index (χ2v) is 8.23. The Morgan fingerprint density at radius 3 is 2.34 bits per heavy atom. The Kier molecular flexibility index (Phi) is 5.22. The number of carbonyl (C=O) groups is 3. The van der Waals surface area contributed by atoms with Crippen LogP contribution in [0.15, 0.2) is 42.5 Å². The van der Waals surface area contributed by atoms with E-state index in [2.05, 4.69) is 5.32 Å². The molecule has 2 aromatic rings. The Morgan fingerprint density at radius 2 is 1.66 bits per heavy atom. The third-order valence-electron chi connectivity index (χ3n) is 6.19. The fourth-order valence-electron chi connectivity index (χ4n) is 4.51. The summed E-state index contributed by atoms with van der Waals surface area (Å²) in [5.74, 6) is -0.723. The molecule has 0 aromatic heterocycles. The summed E-state index contributed by atoms with van der Waals surface area (Å²) in [5, 5.41) is 3.09. The van der Waals surface area contributed by atoms with Gasteiger partial charge in [0.2, 0.25) is 5.91 Å². The number of rotatable bonds is 4. The molecule has 0 spiro atoms. The normalized spacial score (nSPS) is 21.2. The molecular formula is C24H26N2O3. The van der Waals surface area contributed by atoms with E-state index in [1.165, 1.54) is 4.90 Å². The average Bonchev–Trinajstić information content (AvgIpc) is 2.96. The van der Waals surface area contributed by atoms with Gasteiger partial charge in [0.05, 0.1) is 11.1 Å². The molecule has 1 aliphatic carbocycles. The van der Waals surface area contributed by atoms with Gasteiger partial charge in [-0.25, -0.2) is 0 Å². The van der Waals surface area contributed by atoms with Crippen LogP contribution in [-0.2, 0) is 4.79 Å². The van der Waals surface area contributed by atoms with Gasteiger partial charge < -0.3 is 5.32 Å². The summed E-state index contributed by atoms with van der Waals surface area (Å²) in [6, 6.07) is 12.9. The topological polar surface area (TPSA) is 66.5 Å². The smallest absolute Gasteiger partial charge is 0.261 e. The predicted molar refractivity (Wildman–Crippen MR) is 112 cm³/mol. The van der Waals surface area contributed by atoms with E-state index in [0.29, 0.717) is 17.7 Å². The Hall–Kier alpha value is -2.95. The van der Waals surface area contributed by atoms with Crippen LogP contribution in [0, 0.1) is 25.7 Å². The monoisotopic (exact) mass is 390 g/mol. The summed E-state index contributed by atoms with van der Waals surface area (Å²) in [4.78, 5) is 39.9. The van der Waals surface area contributed by atoms with E-state index in [4.69, 9.17) is 0 Å². The number of hydrogen-bond donors (Lipinski definition) is 1. The summed E-state index contributed by atoms with van der Waals surface area (Å²) in [7, 11) is 0. The van der Waals surface area contributed by atoms with E-state index in [0.717, 1.165) is 42.5 Å². The number of nitrogens with zero attached hydrogens (tertiary/aromatic N) is 1. The minimum absolute atomic E-state index is 0.0139. The molecule has 5 nitrogen and oxygen atoms in total. The highest BCUT2D eigenvalue weighted by atomic mass is 16.2. The first-order valence-electron chi connectivity index (χ1n) is 10.3. The minimum atomic E-state index is -0.245. The number of nitrogens with one attached hydrogen (secondary N) is 1. The van der Waals surface area contributed by atoms with Gasteiger partial charge in [-0.1, -0.05) is 37.1 Å². The van der Waals surface area contributed by atoms with E-state index in [9.17, 15) is 14.4 Å². The molecule has 150 valence electrons. The van der Waals surface area contributed by atoms with Crippen molar-refractivity contribution in [3.05, 3.63) is 64.7 Å². The van der Waals surface area contributed by atoms with E-state index in [1.54, 1.807) is 24.3 Å². The number of fused-ring (bicyclic) bond motifs is 1. The highest BCUT2D eigenvalue weighted by molar-refractivity contribution is 6.21. The molecule has 0 radical (unpaired) electrons. The highest BCUT2D eigenvalue weighted by Gasteiger charge is 2.40. The van der Waals surface area contributed by atoms with Gasteiger partial charge in [-0.15, -0.1) is 0 Å². The third-order valence-corrected chi connectivity index (χ3v) is 6.19. The van der Waals surface area contributed by atoms with Crippen LogP contribution in [0.4, 0.5) is 5.69 Å². The number of anilines is 1. The van der Waals surface area contributed by atoms with Crippen molar-refractivity contribution in [2.24, 2.45) is 11.8 Å². The first-order valence-corrected chi connectivity index (χ1v) is 10.3. The molecule has 4 rings (SSSR count). The second kappa shape index (κ2) is 7.82. The Morgan fingerprint density at radius 1 is 1.00 bits per heavy atom. The number of imide groups is 1. The van der Waals surface area contributed by atoms with Gasteiger partial charge in [0.1, 0.15) is 0 Å². The summed E-state index contributed by atoms with van der Waals surface area (Å²) in [5.41, 5.74) is 3.88. The van der Waals surface area contributed by atoms with Crippen LogP contribution >= 0.6 is 0 Å². The quantitative estimate of drug-likeness (QED) is 0.790. The van der Waals surface area contributed by atoms with Crippen LogP contribution in [0.1, 0.15) is 57.5 Å². The lowest BCUT2D eigenvalue weighted by Crippen LogP contribution is -2.41. The lowest BCUT2D eigenvalue weighted by molar-refractivity contribution is -0.122. The van der Waals surface area contributed by atoms with E-state index < -0.39 is 0 Å². The lowest BCUT2D eigenvalue weighted by Gasteiger charge is -2.33. The first-order chi connectivity index (χ1) is 14.0. The van der Waals surface area contributed by atoms with Gasteiger partial charge >= 0.3 is 0 Å². The van der Waals surface area contributed by atoms with Gasteiger partial charge in [-0.3, -0.25) is 19.3 Å². The molecule has 1 heterocycles. The van der Waals surface area contributed by atoms with Crippen molar-refractivity contribution in [2.75, 3.05) is 11.9 Å². The maximum atomic E-state index is 13.1. The molecule has 29 heavy (non-hydrogen) atoms. The fourth-order valence-corrected chi connectivity index (χ4v) is 4.51.